The molecule has 19 heavy (non-hydrogen) atoms. The molecule has 5 heteroatoms. The molecule has 2 aliphatic heterocycles. The number of piperidine rings is 1. The van der Waals surface area contributed by atoms with Crippen LogP contribution in [0.2, 0.25) is 0 Å². The molecule has 0 aromatic heterocycles. The standard InChI is InChI=1S/C14H25N3O2/c1-2-7-17-13(18)11-12(14(17)19)15-6-10-16-8-4-3-5-9-16/h12,15H,2-11H2,1H3. The van der Waals surface area contributed by atoms with Gasteiger partial charge in [-0.1, -0.05) is 13.3 Å². The van der Waals surface area contributed by atoms with Gasteiger partial charge in [0.25, 0.3) is 0 Å². The lowest BCUT2D eigenvalue weighted by Gasteiger charge is -2.26. The van der Waals surface area contributed by atoms with E-state index in [1.54, 1.807) is 0 Å². The number of imide groups is 1. The van der Waals surface area contributed by atoms with Gasteiger partial charge in [-0.15, -0.1) is 0 Å². The van der Waals surface area contributed by atoms with Crippen LogP contribution < -0.4 is 5.32 Å². The Morgan fingerprint density at radius 3 is 2.58 bits per heavy atom. The second-order valence-electron chi connectivity index (χ2n) is 5.50. The molecule has 0 saturated carbocycles. The summed E-state index contributed by atoms with van der Waals surface area (Å²) >= 11 is 0. The molecular formula is C14H25N3O2. The molecule has 2 fully saturated rings. The molecule has 1 unspecified atom stereocenters. The number of hydrogen-bond acceptors (Lipinski definition) is 4. The van der Waals surface area contributed by atoms with Gasteiger partial charge in [-0.2, -0.15) is 0 Å². The van der Waals surface area contributed by atoms with E-state index in [2.05, 4.69) is 10.2 Å². The van der Waals surface area contributed by atoms with E-state index in [1.807, 2.05) is 6.92 Å². The number of nitrogens with one attached hydrogen (secondary N) is 1. The number of likely N-dealkylation sites (tertiary alicyclic amines) is 2. The molecule has 108 valence electrons. The maximum atomic E-state index is 12.0. The van der Waals surface area contributed by atoms with Crippen LogP contribution in [0.15, 0.2) is 0 Å². The van der Waals surface area contributed by atoms with Gasteiger partial charge in [0.05, 0.1) is 12.5 Å². The molecule has 5 nitrogen and oxygen atoms in total. The Kier molecular flexibility index (Phi) is 5.34. The van der Waals surface area contributed by atoms with Crippen molar-refractivity contribution in [3.05, 3.63) is 0 Å². The first-order valence-corrected chi connectivity index (χ1v) is 7.52. The van der Waals surface area contributed by atoms with Gasteiger partial charge in [0, 0.05) is 19.6 Å². The highest BCUT2D eigenvalue weighted by Gasteiger charge is 2.37. The maximum absolute atomic E-state index is 12.0. The van der Waals surface area contributed by atoms with Gasteiger partial charge in [0.1, 0.15) is 0 Å². The number of carbonyl (C=O) groups is 2. The highest BCUT2D eigenvalue weighted by atomic mass is 16.2. The minimum absolute atomic E-state index is 0.0256. The molecule has 2 heterocycles. The van der Waals surface area contributed by atoms with Crippen LogP contribution in [-0.4, -0.2) is 60.4 Å². The predicted molar refractivity (Wildman–Crippen MR) is 73.7 cm³/mol. The van der Waals surface area contributed by atoms with Crippen molar-refractivity contribution in [2.75, 3.05) is 32.7 Å². The van der Waals surface area contributed by atoms with E-state index < -0.39 is 0 Å². The Morgan fingerprint density at radius 2 is 1.89 bits per heavy atom. The normalized spacial score (nSPS) is 25.3. The summed E-state index contributed by atoms with van der Waals surface area (Å²) < 4.78 is 0. The molecule has 0 radical (unpaired) electrons. The zero-order valence-corrected chi connectivity index (χ0v) is 11.9. The number of nitrogens with zero attached hydrogens (tertiary/aromatic N) is 2. The highest BCUT2D eigenvalue weighted by Crippen LogP contribution is 2.13. The lowest BCUT2D eigenvalue weighted by atomic mass is 10.1. The van der Waals surface area contributed by atoms with Crippen LogP contribution in [0.5, 0.6) is 0 Å². The Labute approximate surface area is 115 Å². The van der Waals surface area contributed by atoms with Crippen molar-refractivity contribution in [3.8, 4) is 0 Å². The molecule has 0 bridgehead atoms. The van der Waals surface area contributed by atoms with Crippen molar-refractivity contribution in [3.63, 3.8) is 0 Å². The zero-order valence-electron chi connectivity index (χ0n) is 11.9. The summed E-state index contributed by atoms with van der Waals surface area (Å²) in [6, 6.07) is -0.288. The molecule has 1 N–H and O–H groups in total. The van der Waals surface area contributed by atoms with E-state index in [9.17, 15) is 9.59 Å². The number of rotatable bonds is 6. The van der Waals surface area contributed by atoms with Crippen LogP contribution in [0.25, 0.3) is 0 Å². The zero-order chi connectivity index (χ0) is 13.7. The van der Waals surface area contributed by atoms with E-state index in [0.717, 1.165) is 19.5 Å². The van der Waals surface area contributed by atoms with Gasteiger partial charge in [-0.3, -0.25) is 14.5 Å². The van der Waals surface area contributed by atoms with Gasteiger partial charge in [0.15, 0.2) is 0 Å². The Balaban J connectivity index is 1.71. The first-order chi connectivity index (χ1) is 9.22. The second kappa shape index (κ2) is 7.01. The Bertz CT molecular complexity index is 327. The Morgan fingerprint density at radius 1 is 1.16 bits per heavy atom. The third-order valence-corrected chi connectivity index (χ3v) is 3.96. The van der Waals surface area contributed by atoms with Gasteiger partial charge >= 0.3 is 0 Å². The average molecular weight is 267 g/mol. The molecule has 2 saturated heterocycles. The second-order valence-corrected chi connectivity index (χ2v) is 5.50. The number of hydrogen-bond donors (Lipinski definition) is 1. The van der Waals surface area contributed by atoms with Crippen LogP contribution in [0.4, 0.5) is 0 Å². The SMILES string of the molecule is CCCN1C(=O)CC(NCCN2CCCCC2)C1=O. The molecule has 0 aromatic rings. The van der Waals surface area contributed by atoms with Gasteiger partial charge < -0.3 is 10.2 Å². The smallest absolute Gasteiger partial charge is 0.246 e. The lowest BCUT2D eigenvalue weighted by Crippen LogP contribution is -2.43. The largest absolute Gasteiger partial charge is 0.304 e. The maximum Gasteiger partial charge on any atom is 0.246 e. The predicted octanol–water partition coefficient (Wildman–Crippen LogP) is 0.599. The Hall–Kier alpha value is -0.940. The fourth-order valence-corrected chi connectivity index (χ4v) is 2.88. The monoisotopic (exact) mass is 267 g/mol. The van der Waals surface area contributed by atoms with Crippen LogP contribution in [0.3, 0.4) is 0 Å². The topological polar surface area (TPSA) is 52.7 Å². The van der Waals surface area contributed by atoms with Gasteiger partial charge in [0.2, 0.25) is 11.8 Å². The van der Waals surface area contributed by atoms with Gasteiger partial charge in [-0.25, -0.2) is 0 Å². The van der Waals surface area contributed by atoms with Crippen molar-refractivity contribution in [1.29, 1.82) is 0 Å². The third-order valence-electron chi connectivity index (χ3n) is 3.96. The van der Waals surface area contributed by atoms with Gasteiger partial charge in [-0.05, 0) is 32.4 Å². The lowest BCUT2D eigenvalue weighted by molar-refractivity contribution is -0.138. The van der Waals surface area contributed by atoms with Crippen LogP contribution >= 0.6 is 0 Å². The van der Waals surface area contributed by atoms with Crippen molar-refractivity contribution in [2.24, 2.45) is 0 Å². The van der Waals surface area contributed by atoms with Crippen LogP contribution in [-0.2, 0) is 9.59 Å². The molecule has 0 aromatic carbocycles. The molecule has 2 aliphatic rings. The van der Waals surface area contributed by atoms with E-state index in [-0.39, 0.29) is 17.9 Å². The van der Waals surface area contributed by atoms with Crippen LogP contribution in [0.1, 0.15) is 39.0 Å². The summed E-state index contributed by atoms with van der Waals surface area (Å²) in [5.41, 5.74) is 0. The molecule has 0 spiro atoms. The third kappa shape index (κ3) is 3.76. The average Bonchev–Trinajstić information content (AvgIpc) is 2.68. The van der Waals surface area contributed by atoms with Crippen LogP contribution in [0, 0.1) is 0 Å². The summed E-state index contributed by atoms with van der Waals surface area (Å²) in [6.45, 7) is 6.65. The molecule has 2 rings (SSSR count). The quantitative estimate of drug-likeness (QED) is 0.716. The van der Waals surface area contributed by atoms with E-state index in [4.69, 9.17) is 0 Å². The summed E-state index contributed by atoms with van der Waals surface area (Å²) in [7, 11) is 0. The summed E-state index contributed by atoms with van der Waals surface area (Å²) in [5, 5.41) is 3.24. The number of carbonyl (C=O) groups excluding carboxylic acids is 2. The molecule has 1 atom stereocenters. The van der Waals surface area contributed by atoms with Crippen molar-refractivity contribution in [1.82, 2.24) is 15.1 Å². The summed E-state index contributed by atoms with van der Waals surface area (Å²) in [5.74, 6) is -0.0622. The molecular weight excluding hydrogens is 242 g/mol. The molecule has 0 aliphatic carbocycles. The first kappa shape index (κ1) is 14.5. The minimum Gasteiger partial charge on any atom is -0.304 e. The summed E-state index contributed by atoms with van der Waals surface area (Å²) in [6.07, 6.45) is 5.07. The van der Waals surface area contributed by atoms with E-state index in [0.29, 0.717) is 13.0 Å². The minimum atomic E-state index is -0.288. The molecule has 2 amide bonds. The number of amides is 2. The van der Waals surface area contributed by atoms with Crippen molar-refractivity contribution in [2.45, 2.75) is 45.1 Å². The van der Waals surface area contributed by atoms with Crippen molar-refractivity contribution >= 4 is 11.8 Å². The first-order valence-electron chi connectivity index (χ1n) is 7.52. The summed E-state index contributed by atoms with van der Waals surface area (Å²) in [4.78, 5) is 27.6. The highest BCUT2D eigenvalue weighted by molar-refractivity contribution is 6.05. The fraction of sp³-hybridized carbons (Fsp3) is 0.857. The van der Waals surface area contributed by atoms with E-state index in [1.165, 1.54) is 37.3 Å². The van der Waals surface area contributed by atoms with E-state index >= 15 is 0 Å². The fourth-order valence-electron chi connectivity index (χ4n) is 2.88. The van der Waals surface area contributed by atoms with Crippen molar-refractivity contribution < 1.29 is 9.59 Å².